The first-order valence-electron chi connectivity index (χ1n) is 6.40. The highest BCUT2D eigenvalue weighted by molar-refractivity contribution is 9.10. The molecule has 2 aromatic rings. The summed E-state index contributed by atoms with van der Waals surface area (Å²) >= 11 is 3.41. The van der Waals surface area contributed by atoms with Crippen LogP contribution in [-0.4, -0.2) is 21.9 Å². The summed E-state index contributed by atoms with van der Waals surface area (Å²) in [6.45, 7) is 2.15. The van der Waals surface area contributed by atoms with Crippen molar-refractivity contribution in [3.8, 4) is 0 Å². The van der Waals surface area contributed by atoms with Gasteiger partial charge in [0, 0.05) is 23.8 Å². The number of amides is 1. The lowest BCUT2D eigenvalue weighted by molar-refractivity contribution is 0.0944. The molecule has 1 saturated carbocycles. The van der Waals surface area contributed by atoms with E-state index in [1.165, 1.54) is 0 Å². The molecule has 5 heteroatoms. The Hall–Kier alpha value is -1.49. The van der Waals surface area contributed by atoms with Gasteiger partial charge in [0.05, 0.1) is 9.99 Å². The van der Waals surface area contributed by atoms with Crippen molar-refractivity contribution < 1.29 is 4.79 Å². The molecule has 2 atom stereocenters. The summed E-state index contributed by atoms with van der Waals surface area (Å²) in [5.74, 6) is 0.548. The fourth-order valence-electron chi connectivity index (χ4n) is 2.25. The van der Waals surface area contributed by atoms with Gasteiger partial charge in [-0.3, -0.25) is 9.78 Å². The highest BCUT2D eigenvalue weighted by Crippen LogP contribution is 2.33. The van der Waals surface area contributed by atoms with Crippen molar-refractivity contribution in [1.82, 2.24) is 15.3 Å². The Bertz CT molecular complexity index is 644. The molecule has 0 spiro atoms. The van der Waals surface area contributed by atoms with Gasteiger partial charge in [-0.05, 0) is 40.4 Å². The lowest BCUT2D eigenvalue weighted by atomic mass is 10.2. The van der Waals surface area contributed by atoms with E-state index in [4.69, 9.17) is 0 Å². The van der Waals surface area contributed by atoms with Crippen molar-refractivity contribution in [1.29, 1.82) is 0 Å². The van der Waals surface area contributed by atoms with Gasteiger partial charge in [0.2, 0.25) is 0 Å². The molecule has 3 rings (SSSR count). The first-order chi connectivity index (χ1) is 9.19. The summed E-state index contributed by atoms with van der Waals surface area (Å²) < 4.78 is 0.803. The number of pyridine rings is 2. The lowest BCUT2D eigenvalue weighted by Crippen LogP contribution is -2.27. The Labute approximate surface area is 119 Å². The molecule has 4 nitrogen and oxygen atoms in total. The standard InChI is InChI=1S/C14H14BrN3O/c1-2-8-5-12(8)18-14(19)11-4-3-9-6-16-7-10(15)13(9)17-11/h3-4,6-8,12H,2,5H2,1H3,(H,18,19)/t8-,12-/m1/s1. The third kappa shape index (κ3) is 2.47. The molecule has 2 heterocycles. The van der Waals surface area contributed by atoms with Crippen LogP contribution >= 0.6 is 15.9 Å². The number of nitrogens with one attached hydrogen (secondary N) is 1. The summed E-state index contributed by atoms with van der Waals surface area (Å²) in [5, 5.41) is 3.94. The van der Waals surface area contributed by atoms with Crippen molar-refractivity contribution >= 4 is 32.7 Å². The van der Waals surface area contributed by atoms with Crippen LogP contribution in [0.2, 0.25) is 0 Å². The predicted octanol–water partition coefficient (Wildman–Crippen LogP) is 2.92. The van der Waals surface area contributed by atoms with E-state index >= 15 is 0 Å². The van der Waals surface area contributed by atoms with Gasteiger partial charge < -0.3 is 5.32 Å². The van der Waals surface area contributed by atoms with Crippen molar-refractivity contribution in [3.05, 3.63) is 34.7 Å². The molecule has 1 aliphatic rings. The molecular formula is C14H14BrN3O. The molecule has 0 radical (unpaired) electrons. The van der Waals surface area contributed by atoms with Crippen LogP contribution in [0.3, 0.4) is 0 Å². The van der Waals surface area contributed by atoms with Crippen LogP contribution in [-0.2, 0) is 0 Å². The molecule has 0 bridgehead atoms. The number of aromatic nitrogens is 2. The average Bonchev–Trinajstić information content (AvgIpc) is 3.17. The third-order valence-corrected chi connectivity index (χ3v) is 4.13. The second kappa shape index (κ2) is 4.89. The van der Waals surface area contributed by atoms with Gasteiger partial charge in [-0.2, -0.15) is 0 Å². The number of nitrogens with zero attached hydrogens (tertiary/aromatic N) is 2. The number of carbonyl (C=O) groups excluding carboxylic acids is 1. The molecule has 0 aromatic carbocycles. The number of hydrogen-bond donors (Lipinski definition) is 1. The fraction of sp³-hybridized carbons (Fsp3) is 0.357. The van der Waals surface area contributed by atoms with Gasteiger partial charge in [-0.15, -0.1) is 0 Å². The maximum atomic E-state index is 12.1. The molecule has 1 fully saturated rings. The van der Waals surface area contributed by atoms with Crippen LogP contribution < -0.4 is 5.32 Å². The van der Waals surface area contributed by atoms with E-state index in [1.54, 1.807) is 18.5 Å². The molecule has 1 aliphatic carbocycles. The van der Waals surface area contributed by atoms with Crippen LogP contribution in [0.4, 0.5) is 0 Å². The Balaban J connectivity index is 1.85. The summed E-state index contributed by atoms with van der Waals surface area (Å²) in [6, 6.07) is 3.95. The van der Waals surface area contributed by atoms with Crippen molar-refractivity contribution in [2.45, 2.75) is 25.8 Å². The Morgan fingerprint density at radius 3 is 3.05 bits per heavy atom. The first kappa shape index (κ1) is 12.5. The van der Waals surface area contributed by atoms with Crippen LogP contribution in [0.25, 0.3) is 10.9 Å². The maximum absolute atomic E-state index is 12.1. The number of halogens is 1. The topological polar surface area (TPSA) is 54.9 Å². The van der Waals surface area contributed by atoms with Crippen LogP contribution in [0, 0.1) is 5.92 Å². The van der Waals surface area contributed by atoms with E-state index in [1.807, 2.05) is 6.07 Å². The highest BCUT2D eigenvalue weighted by Gasteiger charge is 2.36. The summed E-state index contributed by atoms with van der Waals surface area (Å²) in [7, 11) is 0. The normalized spacial score (nSPS) is 21.4. The molecule has 0 aliphatic heterocycles. The smallest absolute Gasteiger partial charge is 0.270 e. The fourth-order valence-corrected chi connectivity index (χ4v) is 2.69. The zero-order valence-corrected chi connectivity index (χ0v) is 12.1. The highest BCUT2D eigenvalue weighted by atomic mass is 79.9. The number of rotatable bonds is 3. The van der Waals surface area contributed by atoms with E-state index in [-0.39, 0.29) is 5.91 Å². The molecular weight excluding hydrogens is 306 g/mol. The van der Waals surface area contributed by atoms with Gasteiger partial charge >= 0.3 is 0 Å². The summed E-state index contributed by atoms with van der Waals surface area (Å²) in [5.41, 5.74) is 1.23. The third-order valence-electron chi connectivity index (χ3n) is 3.55. The lowest BCUT2D eigenvalue weighted by Gasteiger charge is -2.05. The minimum absolute atomic E-state index is 0.0911. The van der Waals surface area contributed by atoms with E-state index in [0.29, 0.717) is 17.7 Å². The minimum atomic E-state index is -0.0911. The van der Waals surface area contributed by atoms with Gasteiger partial charge in [0.15, 0.2) is 0 Å². The minimum Gasteiger partial charge on any atom is -0.348 e. The number of fused-ring (bicyclic) bond motifs is 1. The number of carbonyl (C=O) groups is 1. The van der Waals surface area contributed by atoms with Gasteiger partial charge in [-0.25, -0.2) is 4.98 Å². The second-order valence-corrected chi connectivity index (χ2v) is 5.73. The summed E-state index contributed by atoms with van der Waals surface area (Å²) in [4.78, 5) is 20.6. The zero-order chi connectivity index (χ0) is 13.4. The van der Waals surface area contributed by atoms with Crippen molar-refractivity contribution in [2.75, 3.05) is 0 Å². The first-order valence-corrected chi connectivity index (χ1v) is 7.19. The number of hydrogen-bond acceptors (Lipinski definition) is 3. The van der Waals surface area contributed by atoms with Crippen LogP contribution in [0.15, 0.2) is 29.0 Å². The van der Waals surface area contributed by atoms with Crippen LogP contribution in [0.1, 0.15) is 30.3 Å². The van der Waals surface area contributed by atoms with E-state index < -0.39 is 0 Å². The molecule has 2 aromatic heterocycles. The Morgan fingerprint density at radius 2 is 2.32 bits per heavy atom. The van der Waals surface area contributed by atoms with Gasteiger partial charge in [-0.1, -0.05) is 13.3 Å². The average molecular weight is 320 g/mol. The molecule has 1 amide bonds. The van der Waals surface area contributed by atoms with E-state index in [0.717, 1.165) is 28.2 Å². The largest absolute Gasteiger partial charge is 0.348 e. The Kier molecular flexibility index (Phi) is 3.22. The summed E-state index contributed by atoms with van der Waals surface area (Å²) in [6.07, 6.45) is 5.63. The molecule has 0 saturated heterocycles. The quantitative estimate of drug-likeness (QED) is 0.946. The van der Waals surface area contributed by atoms with Gasteiger partial charge in [0.1, 0.15) is 5.69 Å². The molecule has 0 unspecified atom stereocenters. The molecule has 19 heavy (non-hydrogen) atoms. The predicted molar refractivity (Wildman–Crippen MR) is 76.9 cm³/mol. The van der Waals surface area contributed by atoms with Crippen molar-refractivity contribution in [2.24, 2.45) is 5.92 Å². The van der Waals surface area contributed by atoms with E-state index in [2.05, 4.69) is 38.1 Å². The van der Waals surface area contributed by atoms with Gasteiger partial charge in [0.25, 0.3) is 5.91 Å². The SMILES string of the molecule is CC[C@@H]1C[C@H]1NC(=O)c1ccc2cncc(Br)c2n1. The van der Waals surface area contributed by atoms with E-state index in [9.17, 15) is 4.79 Å². The zero-order valence-electron chi connectivity index (χ0n) is 10.6. The maximum Gasteiger partial charge on any atom is 0.270 e. The molecule has 1 N–H and O–H groups in total. The second-order valence-electron chi connectivity index (χ2n) is 4.87. The monoisotopic (exact) mass is 319 g/mol. The Morgan fingerprint density at radius 1 is 1.47 bits per heavy atom. The van der Waals surface area contributed by atoms with Crippen LogP contribution in [0.5, 0.6) is 0 Å². The molecule has 98 valence electrons. The van der Waals surface area contributed by atoms with Crippen molar-refractivity contribution in [3.63, 3.8) is 0 Å².